The number of hydrogen-bond acceptors (Lipinski definition) is 2. The van der Waals surface area contributed by atoms with Crippen molar-refractivity contribution in [3.63, 3.8) is 0 Å². The van der Waals surface area contributed by atoms with Gasteiger partial charge < -0.3 is 0 Å². The van der Waals surface area contributed by atoms with Gasteiger partial charge in [0, 0.05) is 10.9 Å². The number of hydrogen-bond donors (Lipinski definition) is 0. The van der Waals surface area contributed by atoms with Crippen molar-refractivity contribution in [2.24, 2.45) is 0 Å². The van der Waals surface area contributed by atoms with E-state index < -0.39 is 0 Å². The van der Waals surface area contributed by atoms with Gasteiger partial charge in [-0.2, -0.15) is 0 Å². The average Bonchev–Trinajstić information content (AvgIpc) is 2.27. The molecule has 0 saturated heterocycles. The van der Waals surface area contributed by atoms with Crippen molar-refractivity contribution >= 4 is 22.8 Å². The van der Waals surface area contributed by atoms with Gasteiger partial charge in [-0.3, -0.25) is 4.79 Å². The molecular formula is C13H11NO. The molecule has 0 spiro atoms. The lowest BCUT2D eigenvalue weighted by molar-refractivity contribution is 0.101. The van der Waals surface area contributed by atoms with E-state index in [4.69, 9.17) is 0 Å². The molecular weight excluding hydrogens is 186 g/mol. The molecule has 2 heteroatoms. The number of benzene rings is 1. The van der Waals surface area contributed by atoms with Gasteiger partial charge in [-0.15, -0.1) is 0 Å². The number of rotatable bonds is 2. The zero-order valence-electron chi connectivity index (χ0n) is 8.53. The van der Waals surface area contributed by atoms with Gasteiger partial charge in [-0.1, -0.05) is 24.8 Å². The van der Waals surface area contributed by atoms with Crippen molar-refractivity contribution in [3.8, 4) is 0 Å². The van der Waals surface area contributed by atoms with Gasteiger partial charge in [-0.25, -0.2) is 4.98 Å². The molecule has 0 N–H and O–H groups in total. The number of fused-ring (bicyclic) bond motifs is 1. The second kappa shape index (κ2) is 3.65. The fourth-order valence-electron chi connectivity index (χ4n) is 1.57. The number of para-hydroxylation sites is 1. The Morgan fingerprint density at radius 2 is 2.13 bits per heavy atom. The van der Waals surface area contributed by atoms with Crippen LogP contribution in [-0.2, 0) is 0 Å². The molecule has 0 amide bonds. The van der Waals surface area contributed by atoms with E-state index >= 15 is 0 Å². The van der Waals surface area contributed by atoms with Gasteiger partial charge in [0.2, 0.25) is 0 Å². The normalized spacial score (nSPS) is 10.2. The minimum absolute atomic E-state index is 0.0168. The summed E-state index contributed by atoms with van der Waals surface area (Å²) in [5, 5.41) is 0.980. The first-order valence-electron chi connectivity index (χ1n) is 4.75. The molecule has 0 radical (unpaired) electrons. The molecule has 0 atom stereocenters. The minimum atomic E-state index is 0.0168. The Kier molecular flexibility index (Phi) is 2.34. The first-order chi connectivity index (χ1) is 7.22. The zero-order valence-corrected chi connectivity index (χ0v) is 8.53. The van der Waals surface area contributed by atoms with Crippen LogP contribution >= 0.6 is 0 Å². The number of Topliss-reactive ketones (excluding diaryl/α,β-unsaturated/α-hetero) is 1. The van der Waals surface area contributed by atoms with E-state index in [9.17, 15) is 4.79 Å². The van der Waals surface area contributed by atoms with Crippen LogP contribution in [0.3, 0.4) is 0 Å². The van der Waals surface area contributed by atoms with Crippen LogP contribution in [0.25, 0.3) is 17.0 Å². The minimum Gasteiger partial charge on any atom is -0.294 e. The van der Waals surface area contributed by atoms with E-state index in [1.165, 1.54) is 0 Å². The Bertz CT molecular complexity index is 543. The fraction of sp³-hybridized carbons (Fsp3) is 0.0769. The van der Waals surface area contributed by atoms with Crippen LogP contribution < -0.4 is 0 Å². The third-order valence-electron chi connectivity index (χ3n) is 2.33. The molecule has 1 aromatic carbocycles. The van der Waals surface area contributed by atoms with E-state index in [-0.39, 0.29) is 5.78 Å². The Morgan fingerprint density at radius 1 is 1.40 bits per heavy atom. The predicted octanol–water partition coefficient (Wildman–Crippen LogP) is 3.08. The third-order valence-corrected chi connectivity index (χ3v) is 2.33. The first-order valence-corrected chi connectivity index (χ1v) is 4.75. The lowest BCUT2D eigenvalue weighted by Crippen LogP contribution is -1.98. The van der Waals surface area contributed by atoms with Crippen LogP contribution in [0.5, 0.6) is 0 Å². The van der Waals surface area contributed by atoms with Crippen LogP contribution in [0.15, 0.2) is 36.9 Å². The van der Waals surface area contributed by atoms with Gasteiger partial charge in [0.1, 0.15) is 0 Å². The van der Waals surface area contributed by atoms with Crippen LogP contribution in [0.2, 0.25) is 0 Å². The number of aromatic nitrogens is 1. The summed E-state index contributed by atoms with van der Waals surface area (Å²) in [5.41, 5.74) is 2.17. The summed E-state index contributed by atoms with van der Waals surface area (Å²) in [6.45, 7) is 5.21. The molecule has 1 heterocycles. The van der Waals surface area contributed by atoms with Gasteiger partial charge >= 0.3 is 0 Å². The number of pyridine rings is 1. The van der Waals surface area contributed by atoms with Gasteiger partial charge in [-0.05, 0) is 25.1 Å². The van der Waals surface area contributed by atoms with E-state index in [1.54, 1.807) is 13.0 Å². The first kappa shape index (κ1) is 9.59. The van der Waals surface area contributed by atoms with Crippen molar-refractivity contribution < 1.29 is 4.79 Å². The van der Waals surface area contributed by atoms with Crippen LogP contribution in [0.1, 0.15) is 23.0 Å². The Balaban J connectivity index is 2.80. The highest BCUT2D eigenvalue weighted by molar-refractivity contribution is 6.00. The molecule has 0 saturated carbocycles. The second-order valence-corrected chi connectivity index (χ2v) is 3.37. The molecule has 15 heavy (non-hydrogen) atoms. The molecule has 0 unspecified atom stereocenters. The van der Waals surface area contributed by atoms with Crippen molar-refractivity contribution in [1.29, 1.82) is 0 Å². The Morgan fingerprint density at radius 3 is 2.80 bits per heavy atom. The molecule has 0 fully saturated rings. The third kappa shape index (κ3) is 1.66. The quantitative estimate of drug-likeness (QED) is 0.692. The molecule has 0 aliphatic heterocycles. The predicted molar refractivity (Wildman–Crippen MR) is 61.8 cm³/mol. The number of carbonyl (C=O) groups excluding carboxylic acids is 1. The molecule has 0 aliphatic carbocycles. The maximum atomic E-state index is 11.4. The highest BCUT2D eigenvalue weighted by Gasteiger charge is 2.07. The molecule has 1 aromatic heterocycles. The SMILES string of the molecule is C=Cc1nc2ccccc2cc1C(C)=O. The van der Waals surface area contributed by atoms with Crippen molar-refractivity contribution in [3.05, 3.63) is 48.2 Å². The van der Waals surface area contributed by atoms with E-state index in [1.807, 2.05) is 30.3 Å². The summed E-state index contributed by atoms with van der Waals surface area (Å²) < 4.78 is 0. The van der Waals surface area contributed by atoms with Gasteiger partial charge in [0.15, 0.2) is 5.78 Å². The van der Waals surface area contributed by atoms with Crippen molar-refractivity contribution in [2.45, 2.75) is 6.92 Å². The standard InChI is InChI=1S/C13H11NO/c1-3-12-11(9(2)15)8-10-6-4-5-7-13(10)14-12/h3-8H,1H2,2H3. The maximum absolute atomic E-state index is 11.4. The van der Waals surface area contributed by atoms with E-state index in [0.717, 1.165) is 10.9 Å². The summed E-state index contributed by atoms with van der Waals surface area (Å²) in [6, 6.07) is 9.59. The van der Waals surface area contributed by atoms with Crippen LogP contribution in [0, 0.1) is 0 Å². The zero-order chi connectivity index (χ0) is 10.8. The highest BCUT2D eigenvalue weighted by Crippen LogP contribution is 2.17. The van der Waals surface area contributed by atoms with E-state index in [0.29, 0.717) is 11.3 Å². The summed E-state index contributed by atoms with van der Waals surface area (Å²) in [5.74, 6) is 0.0168. The fourth-order valence-corrected chi connectivity index (χ4v) is 1.57. The molecule has 2 aromatic rings. The molecule has 74 valence electrons. The van der Waals surface area contributed by atoms with Crippen LogP contribution in [-0.4, -0.2) is 10.8 Å². The summed E-state index contributed by atoms with van der Waals surface area (Å²) in [7, 11) is 0. The molecule has 0 aliphatic rings. The second-order valence-electron chi connectivity index (χ2n) is 3.37. The van der Waals surface area contributed by atoms with Crippen molar-refractivity contribution in [1.82, 2.24) is 4.98 Å². The summed E-state index contributed by atoms with van der Waals surface area (Å²) in [6.07, 6.45) is 1.61. The largest absolute Gasteiger partial charge is 0.294 e. The molecule has 2 nitrogen and oxygen atoms in total. The average molecular weight is 197 g/mol. The summed E-state index contributed by atoms with van der Waals surface area (Å²) in [4.78, 5) is 15.8. The van der Waals surface area contributed by atoms with Gasteiger partial charge in [0.05, 0.1) is 11.2 Å². The Hall–Kier alpha value is -1.96. The lowest BCUT2D eigenvalue weighted by atomic mass is 10.1. The molecule has 0 bridgehead atoms. The number of carbonyl (C=O) groups is 1. The smallest absolute Gasteiger partial charge is 0.161 e. The number of nitrogens with zero attached hydrogens (tertiary/aromatic N) is 1. The lowest BCUT2D eigenvalue weighted by Gasteiger charge is -2.04. The topological polar surface area (TPSA) is 30.0 Å². The maximum Gasteiger partial charge on any atom is 0.161 e. The van der Waals surface area contributed by atoms with Crippen molar-refractivity contribution in [2.75, 3.05) is 0 Å². The summed E-state index contributed by atoms with van der Waals surface area (Å²) >= 11 is 0. The monoisotopic (exact) mass is 197 g/mol. The van der Waals surface area contributed by atoms with Crippen LogP contribution in [0.4, 0.5) is 0 Å². The Labute approximate surface area is 88.3 Å². The number of ketones is 1. The van der Waals surface area contributed by atoms with Gasteiger partial charge in [0.25, 0.3) is 0 Å². The molecule has 2 rings (SSSR count). The van der Waals surface area contributed by atoms with E-state index in [2.05, 4.69) is 11.6 Å². The highest BCUT2D eigenvalue weighted by atomic mass is 16.1.